The van der Waals surface area contributed by atoms with Crippen LogP contribution in [0.5, 0.6) is 0 Å². The van der Waals surface area contributed by atoms with Gasteiger partial charge in [-0.1, -0.05) is 19.1 Å². The molecule has 0 aliphatic carbocycles. The molecule has 2 aromatic rings. The summed E-state index contributed by atoms with van der Waals surface area (Å²) in [4.78, 5) is 4.16. The molecular weight excluding hydrogens is 282 g/mol. The normalized spacial score (nSPS) is 12.6. The molecule has 1 aromatic carbocycles. The van der Waals surface area contributed by atoms with Gasteiger partial charge in [-0.2, -0.15) is 0 Å². The van der Waals surface area contributed by atoms with Gasteiger partial charge in [-0.3, -0.25) is 0 Å². The van der Waals surface area contributed by atoms with Crippen molar-refractivity contribution in [2.45, 2.75) is 38.1 Å². The Hall–Kier alpha value is -0.770. The average molecular weight is 306 g/mol. The van der Waals surface area contributed by atoms with Gasteiger partial charge in [0.15, 0.2) is 0 Å². The van der Waals surface area contributed by atoms with Crippen LogP contribution in [0.25, 0.3) is 0 Å². The van der Waals surface area contributed by atoms with Crippen molar-refractivity contribution in [2.75, 3.05) is 12.8 Å². The summed E-state index contributed by atoms with van der Waals surface area (Å²) >= 11 is 3.70. The van der Waals surface area contributed by atoms with Gasteiger partial charge in [0, 0.05) is 14.6 Å². The Bertz CT molecular complexity index is 543. The number of aryl methyl sites for hydroxylation is 2. The lowest BCUT2D eigenvalue weighted by Crippen LogP contribution is -2.22. The molecule has 0 spiro atoms. The summed E-state index contributed by atoms with van der Waals surface area (Å²) in [5.41, 5.74) is 2.76. The minimum absolute atomic E-state index is 0.324. The van der Waals surface area contributed by atoms with Crippen molar-refractivity contribution in [3.8, 4) is 0 Å². The van der Waals surface area contributed by atoms with E-state index in [1.54, 1.807) is 11.8 Å². The SMILES string of the molecule is CCCNC(c1ccc(SC)cc1)c1sc(C)cc1C. The molecule has 1 N–H and O–H groups in total. The zero-order valence-corrected chi connectivity index (χ0v) is 14.3. The van der Waals surface area contributed by atoms with Crippen LogP contribution in [0.4, 0.5) is 0 Å². The third-order valence-corrected chi connectivity index (χ3v) is 5.35. The molecule has 0 aliphatic heterocycles. The Labute approximate surface area is 130 Å². The van der Waals surface area contributed by atoms with Crippen LogP contribution in [0.1, 0.15) is 40.3 Å². The summed E-state index contributed by atoms with van der Waals surface area (Å²) < 4.78 is 0. The number of rotatable bonds is 6. The molecule has 0 fully saturated rings. The fourth-order valence-electron chi connectivity index (χ4n) is 2.39. The predicted octanol–water partition coefficient (Wildman–Crippen LogP) is 5.18. The molecule has 2 rings (SSSR count). The van der Waals surface area contributed by atoms with E-state index in [1.807, 2.05) is 11.3 Å². The highest BCUT2D eigenvalue weighted by Gasteiger charge is 2.17. The lowest BCUT2D eigenvalue weighted by molar-refractivity contribution is 0.603. The fraction of sp³-hybridized carbons (Fsp3) is 0.412. The van der Waals surface area contributed by atoms with Gasteiger partial charge in [0.1, 0.15) is 0 Å². The second-order valence-corrected chi connectivity index (χ2v) is 7.23. The predicted molar refractivity (Wildman–Crippen MR) is 92.2 cm³/mol. The molecule has 0 aliphatic rings. The number of hydrogen-bond donors (Lipinski definition) is 1. The molecule has 1 unspecified atom stereocenters. The van der Waals surface area contributed by atoms with E-state index >= 15 is 0 Å². The molecule has 1 heterocycles. The second-order valence-electron chi connectivity index (χ2n) is 5.06. The van der Waals surface area contributed by atoms with Crippen LogP contribution < -0.4 is 5.32 Å². The van der Waals surface area contributed by atoms with Gasteiger partial charge in [-0.05, 0) is 62.4 Å². The minimum Gasteiger partial charge on any atom is -0.306 e. The smallest absolute Gasteiger partial charge is 0.0673 e. The van der Waals surface area contributed by atoms with Crippen LogP contribution in [-0.4, -0.2) is 12.8 Å². The Morgan fingerprint density at radius 3 is 2.40 bits per heavy atom. The van der Waals surface area contributed by atoms with Crippen molar-refractivity contribution in [3.05, 3.63) is 51.2 Å². The standard InChI is InChI=1S/C17H23NS2/c1-5-10-18-16(17-12(2)11-13(3)20-17)14-6-8-15(19-4)9-7-14/h6-9,11,16,18H,5,10H2,1-4H3. The summed E-state index contributed by atoms with van der Waals surface area (Å²) in [6, 6.07) is 11.6. The Morgan fingerprint density at radius 2 is 1.90 bits per heavy atom. The highest BCUT2D eigenvalue weighted by molar-refractivity contribution is 7.98. The molecule has 108 valence electrons. The van der Waals surface area contributed by atoms with Gasteiger partial charge in [0.2, 0.25) is 0 Å². The monoisotopic (exact) mass is 305 g/mol. The minimum atomic E-state index is 0.324. The Kier molecular flexibility index (Phi) is 5.70. The van der Waals surface area contributed by atoms with Crippen molar-refractivity contribution >= 4 is 23.1 Å². The van der Waals surface area contributed by atoms with Gasteiger partial charge >= 0.3 is 0 Å². The van der Waals surface area contributed by atoms with Crippen molar-refractivity contribution in [3.63, 3.8) is 0 Å². The zero-order valence-electron chi connectivity index (χ0n) is 12.7. The number of thiophene rings is 1. The van der Waals surface area contributed by atoms with E-state index < -0.39 is 0 Å². The van der Waals surface area contributed by atoms with Gasteiger partial charge in [0.05, 0.1) is 6.04 Å². The first kappa shape index (κ1) is 15.6. The molecule has 3 heteroatoms. The first-order valence-electron chi connectivity index (χ1n) is 7.10. The third-order valence-electron chi connectivity index (χ3n) is 3.39. The van der Waals surface area contributed by atoms with E-state index in [4.69, 9.17) is 0 Å². The molecule has 20 heavy (non-hydrogen) atoms. The zero-order chi connectivity index (χ0) is 14.5. The van der Waals surface area contributed by atoms with E-state index in [1.165, 1.54) is 25.8 Å². The van der Waals surface area contributed by atoms with Crippen LogP contribution in [-0.2, 0) is 0 Å². The largest absolute Gasteiger partial charge is 0.306 e. The highest BCUT2D eigenvalue weighted by Crippen LogP contribution is 2.32. The molecule has 0 saturated heterocycles. The average Bonchev–Trinajstić information content (AvgIpc) is 2.79. The van der Waals surface area contributed by atoms with E-state index in [0.29, 0.717) is 6.04 Å². The molecule has 0 saturated carbocycles. The van der Waals surface area contributed by atoms with E-state index in [0.717, 1.165) is 13.0 Å². The number of thioether (sulfide) groups is 1. The molecule has 1 nitrogen and oxygen atoms in total. The van der Waals surface area contributed by atoms with Gasteiger partial charge in [-0.15, -0.1) is 23.1 Å². The van der Waals surface area contributed by atoms with Crippen molar-refractivity contribution in [2.24, 2.45) is 0 Å². The number of nitrogens with one attached hydrogen (secondary N) is 1. The fourth-order valence-corrected chi connectivity index (χ4v) is 3.94. The first-order valence-corrected chi connectivity index (χ1v) is 9.14. The maximum Gasteiger partial charge on any atom is 0.0673 e. The number of hydrogen-bond acceptors (Lipinski definition) is 3. The van der Waals surface area contributed by atoms with E-state index in [-0.39, 0.29) is 0 Å². The van der Waals surface area contributed by atoms with E-state index in [2.05, 4.69) is 62.7 Å². The van der Waals surface area contributed by atoms with Crippen LogP contribution in [0, 0.1) is 13.8 Å². The molecule has 0 amide bonds. The van der Waals surface area contributed by atoms with Crippen LogP contribution >= 0.6 is 23.1 Å². The topological polar surface area (TPSA) is 12.0 Å². The Morgan fingerprint density at radius 1 is 1.20 bits per heavy atom. The maximum absolute atomic E-state index is 3.70. The third kappa shape index (κ3) is 3.66. The van der Waals surface area contributed by atoms with Crippen molar-refractivity contribution < 1.29 is 0 Å². The van der Waals surface area contributed by atoms with Gasteiger partial charge in [0.25, 0.3) is 0 Å². The molecule has 0 radical (unpaired) electrons. The highest BCUT2D eigenvalue weighted by atomic mass is 32.2. The van der Waals surface area contributed by atoms with Crippen LogP contribution in [0.3, 0.4) is 0 Å². The molecule has 1 aromatic heterocycles. The molecular formula is C17H23NS2. The quantitative estimate of drug-likeness (QED) is 0.738. The summed E-state index contributed by atoms with van der Waals surface area (Å²) in [6.45, 7) is 7.67. The second kappa shape index (κ2) is 7.30. The van der Waals surface area contributed by atoms with Crippen LogP contribution in [0.15, 0.2) is 35.2 Å². The lowest BCUT2D eigenvalue weighted by Gasteiger charge is -2.19. The summed E-state index contributed by atoms with van der Waals surface area (Å²) in [7, 11) is 0. The number of benzene rings is 1. The maximum atomic E-state index is 3.70. The Balaban J connectivity index is 2.33. The van der Waals surface area contributed by atoms with E-state index in [9.17, 15) is 0 Å². The lowest BCUT2D eigenvalue weighted by atomic mass is 10.0. The van der Waals surface area contributed by atoms with Gasteiger partial charge in [-0.25, -0.2) is 0 Å². The summed E-state index contributed by atoms with van der Waals surface area (Å²) in [5, 5.41) is 3.70. The van der Waals surface area contributed by atoms with Crippen molar-refractivity contribution in [1.82, 2.24) is 5.32 Å². The van der Waals surface area contributed by atoms with Crippen molar-refractivity contribution in [1.29, 1.82) is 0 Å². The summed E-state index contributed by atoms with van der Waals surface area (Å²) in [6.07, 6.45) is 3.28. The summed E-state index contributed by atoms with van der Waals surface area (Å²) in [5.74, 6) is 0. The first-order chi connectivity index (χ1) is 9.65. The van der Waals surface area contributed by atoms with Gasteiger partial charge < -0.3 is 5.32 Å². The molecule has 0 bridgehead atoms. The molecule has 1 atom stereocenters. The van der Waals surface area contributed by atoms with Crippen LogP contribution in [0.2, 0.25) is 0 Å².